The third kappa shape index (κ3) is 3.53. The molecule has 1 heterocycles. The lowest BCUT2D eigenvalue weighted by Crippen LogP contribution is -2.31. The zero-order chi connectivity index (χ0) is 10.4. The fourth-order valence-electron chi connectivity index (χ4n) is 1.03. The molecule has 0 unspecified atom stereocenters. The topological polar surface area (TPSA) is 29.0 Å². The predicted molar refractivity (Wildman–Crippen MR) is 54.0 cm³/mol. The van der Waals surface area contributed by atoms with Crippen molar-refractivity contribution in [2.45, 2.75) is 6.43 Å². The highest BCUT2D eigenvalue weighted by Crippen LogP contribution is 2.10. The molecule has 0 amide bonds. The molecule has 0 aliphatic carbocycles. The summed E-state index contributed by atoms with van der Waals surface area (Å²) in [5.41, 5.74) is 0. The van der Waals surface area contributed by atoms with Gasteiger partial charge in [0.25, 0.3) is 6.43 Å². The van der Waals surface area contributed by atoms with Crippen LogP contribution in [0.5, 0.6) is 0 Å². The summed E-state index contributed by atoms with van der Waals surface area (Å²) in [6.45, 7) is 0.174. The van der Waals surface area contributed by atoms with Gasteiger partial charge in [0.05, 0.1) is 6.54 Å². The van der Waals surface area contributed by atoms with E-state index in [4.69, 9.17) is 0 Å². The van der Waals surface area contributed by atoms with Crippen LogP contribution in [0.15, 0.2) is 18.3 Å². The van der Waals surface area contributed by atoms with E-state index >= 15 is 0 Å². The largest absolute Gasteiger partial charge is 0.349 e. The zero-order valence-electron chi connectivity index (χ0n) is 7.41. The number of hydrogen-bond donors (Lipinski definition) is 0. The average Bonchev–Trinajstić information content (AvgIpc) is 2.18. The van der Waals surface area contributed by atoms with Gasteiger partial charge in [-0.3, -0.25) is 0 Å². The molecular formula is C8H10BrF2N3. The van der Waals surface area contributed by atoms with Crippen LogP contribution < -0.4 is 4.90 Å². The van der Waals surface area contributed by atoms with E-state index in [0.29, 0.717) is 17.7 Å². The van der Waals surface area contributed by atoms with E-state index in [2.05, 4.69) is 26.1 Å². The molecule has 1 aromatic rings. The van der Waals surface area contributed by atoms with Crippen LogP contribution in [0.1, 0.15) is 0 Å². The summed E-state index contributed by atoms with van der Waals surface area (Å²) in [5.74, 6) is 0.479. The van der Waals surface area contributed by atoms with Crippen molar-refractivity contribution in [3.8, 4) is 0 Å². The Bertz CT molecular complexity index is 258. The Morgan fingerprint density at radius 1 is 1.50 bits per heavy atom. The Labute approximate surface area is 89.3 Å². The first-order valence-corrected chi connectivity index (χ1v) is 5.23. The van der Waals surface area contributed by atoms with E-state index in [-0.39, 0.29) is 6.54 Å². The molecule has 0 N–H and O–H groups in total. The van der Waals surface area contributed by atoms with Crippen molar-refractivity contribution in [3.05, 3.63) is 18.3 Å². The molecule has 0 aliphatic rings. The Hall–Kier alpha value is -0.780. The van der Waals surface area contributed by atoms with E-state index < -0.39 is 6.43 Å². The fraction of sp³-hybridized carbons (Fsp3) is 0.500. The monoisotopic (exact) mass is 265 g/mol. The highest BCUT2D eigenvalue weighted by molar-refractivity contribution is 9.09. The first kappa shape index (κ1) is 11.3. The zero-order valence-corrected chi connectivity index (χ0v) is 8.99. The maximum atomic E-state index is 12.2. The summed E-state index contributed by atoms with van der Waals surface area (Å²) >= 11 is 3.20. The highest BCUT2D eigenvalue weighted by Gasteiger charge is 2.12. The molecule has 14 heavy (non-hydrogen) atoms. The summed E-state index contributed by atoms with van der Waals surface area (Å²) in [6.07, 6.45) is -0.853. The second-order valence-corrected chi connectivity index (χ2v) is 3.40. The fourth-order valence-corrected chi connectivity index (χ4v) is 1.46. The van der Waals surface area contributed by atoms with Gasteiger partial charge in [-0.05, 0) is 12.1 Å². The summed E-state index contributed by atoms with van der Waals surface area (Å²) in [6, 6.07) is 3.34. The Balaban J connectivity index is 2.67. The van der Waals surface area contributed by atoms with Crippen LogP contribution in [0.25, 0.3) is 0 Å². The number of aromatic nitrogens is 2. The molecule has 0 atom stereocenters. The summed E-state index contributed by atoms with van der Waals surface area (Å²) in [5, 5.41) is 8.04. The van der Waals surface area contributed by atoms with E-state index in [1.54, 1.807) is 12.1 Å². The molecule has 0 bridgehead atoms. The maximum absolute atomic E-state index is 12.2. The van der Waals surface area contributed by atoms with Crippen LogP contribution in [0, 0.1) is 0 Å². The number of alkyl halides is 3. The number of anilines is 1. The van der Waals surface area contributed by atoms with E-state index in [1.165, 1.54) is 11.1 Å². The molecule has 0 radical (unpaired) electrons. The van der Waals surface area contributed by atoms with E-state index in [9.17, 15) is 8.78 Å². The van der Waals surface area contributed by atoms with Gasteiger partial charge in [-0.25, -0.2) is 8.78 Å². The van der Waals surface area contributed by atoms with Crippen molar-refractivity contribution < 1.29 is 8.78 Å². The number of hydrogen-bond acceptors (Lipinski definition) is 3. The van der Waals surface area contributed by atoms with Crippen LogP contribution >= 0.6 is 15.9 Å². The van der Waals surface area contributed by atoms with Crippen LogP contribution in [-0.2, 0) is 0 Å². The summed E-state index contributed by atoms with van der Waals surface area (Å²) in [4.78, 5) is 1.49. The van der Waals surface area contributed by atoms with Crippen LogP contribution in [0.4, 0.5) is 14.6 Å². The number of halogens is 3. The Morgan fingerprint density at radius 3 is 2.79 bits per heavy atom. The molecule has 0 saturated carbocycles. The minimum atomic E-state index is -2.36. The van der Waals surface area contributed by atoms with Gasteiger partial charge in [0.15, 0.2) is 5.82 Å². The lowest BCUT2D eigenvalue weighted by molar-refractivity contribution is 0.155. The molecule has 1 aromatic heterocycles. The van der Waals surface area contributed by atoms with Crippen molar-refractivity contribution in [2.75, 3.05) is 23.3 Å². The van der Waals surface area contributed by atoms with Crippen molar-refractivity contribution in [2.24, 2.45) is 0 Å². The van der Waals surface area contributed by atoms with Gasteiger partial charge in [0, 0.05) is 18.1 Å². The SMILES string of the molecule is FC(F)CN(CCBr)c1cccnn1. The van der Waals surface area contributed by atoms with Gasteiger partial charge < -0.3 is 4.90 Å². The smallest absolute Gasteiger partial charge is 0.255 e. The number of nitrogens with zero attached hydrogens (tertiary/aromatic N) is 3. The van der Waals surface area contributed by atoms with Gasteiger partial charge in [-0.15, -0.1) is 5.10 Å². The van der Waals surface area contributed by atoms with Gasteiger partial charge in [-0.2, -0.15) is 5.10 Å². The highest BCUT2D eigenvalue weighted by atomic mass is 79.9. The average molecular weight is 266 g/mol. The molecule has 6 heteroatoms. The van der Waals surface area contributed by atoms with Gasteiger partial charge >= 0.3 is 0 Å². The standard InChI is InChI=1S/C8H10BrF2N3/c9-3-5-14(6-7(10)11)8-2-1-4-12-13-8/h1-2,4,7H,3,5-6H2. The van der Waals surface area contributed by atoms with Gasteiger partial charge in [0.1, 0.15) is 0 Å². The van der Waals surface area contributed by atoms with Crippen LogP contribution in [0.2, 0.25) is 0 Å². The third-order valence-corrected chi connectivity index (χ3v) is 1.95. The minimum Gasteiger partial charge on any atom is -0.349 e. The predicted octanol–water partition coefficient (Wildman–Crippen LogP) is 1.94. The molecular weight excluding hydrogens is 256 g/mol. The van der Waals surface area contributed by atoms with Gasteiger partial charge in [0.2, 0.25) is 0 Å². The molecule has 0 spiro atoms. The maximum Gasteiger partial charge on any atom is 0.255 e. The number of rotatable bonds is 5. The van der Waals surface area contributed by atoms with Crippen molar-refractivity contribution >= 4 is 21.7 Å². The van der Waals surface area contributed by atoms with Crippen molar-refractivity contribution in [1.82, 2.24) is 10.2 Å². The first-order valence-electron chi connectivity index (χ1n) is 4.11. The second kappa shape index (κ2) is 5.85. The van der Waals surface area contributed by atoms with Gasteiger partial charge in [-0.1, -0.05) is 15.9 Å². The molecule has 78 valence electrons. The molecule has 3 nitrogen and oxygen atoms in total. The van der Waals surface area contributed by atoms with Crippen LogP contribution in [-0.4, -0.2) is 35.0 Å². The Kier molecular flexibility index (Phi) is 4.72. The third-order valence-electron chi connectivity index (χ3n) is 1.60. The first-order chi connectivity index (χ1) is 6.74. The molecule has 1 rings (SSSR count). The van der Waals surface area contributed by atoms with Crippen molar-refractivity contribution in [1.29, 1.82) is 0 Å². The van der Waals surface area contributed by atoms with Crippen LogP contribution in [0.3, 0.4) is 0 Å². The summed E-state index contributed by atoms with van der Waals surface area (Å²) in [7, 11) is 0. The lowest BCUT2D eigenvalue weighted by Gasteiger charge is -2.21. The quantitative estimate of drug-likeness (QED) is 0.763. The van der Waals surface area contributed by atoms with E-state index in [1.807, 2.05) is 0 Å². The molecule has 0 aromatic carbocycles. The lowest BCUT2D eigenvalue weighted by atomic mass is 10.4. The van der Waals surface area contributed by atoms with Crippen molar-refractivity contribution in [3.63, 3.8) is 0 Å². The second-order valence-electron chi connectivity index (χ2n) is 2.61. The minimum absolute atomic E-state index is 0.315. The Morgan fingerprint density at radius 2 is 2.29 bits per heavy atom. The molecule has 0 fully saturated rings. The van der Waals surface area contributed by atoms with E-state index in [0.717, 1.165) is 0 Å². The molecule has 0 aliphatic heterocycles. The molecule has 0 saturated heterocycles. The summed E-state index contributed by atoms with van der Waals surface area (Å²) < 4.78 is 24.4. The normalized spacial score (nSPS) is 10.6.